The van der Waals surface area contributed by atoms with Gasteiger partial charge in [-0.25, -0.2) is 4.98 Å². The Morgan fingerprint density at radius 2 is 2.33 bits per heavy atom. The second-order valence-corrected chi connectivity index (χ2v) is 4.85. The first kappa shape index (κ1) is 9.40. The molecule has 2 aliphatic rings. The molecule has 0 aliphatic carbocycles. The third kappa shape index (κ3) is 1.49. The first-order valence-electron chi connectivity index (χ1n) is 6.12. The minimum absolute atomic E-state index is 0.664. The Morgan fingerprint density at radius 3 is 3.13 bits per heavy atom. The largest absolute Gasteiger partial charge is 0.330 e. The molecule has 15 heavy (non-hydrogen) atoms. The van der Waals surface area contributed by atoms with Gasteiger partial charge in [0.05, 0.1) is 18.1 Å². The van der Waals surface area contributed by atoms with E-state index in [-0.39, 0.29) is 0 Å². The lowest BCUT2D eigenvalue weighted by molar-refractivity contribution is 0.320. The van der Waals surface area contributed by atoms with E-state index in [0.29, 0.717) is 12.1 Å². The van der Waals surface area contributed by atoms with Crippen LogP contribution in [-0.4, -0.2) is 22.1 Å². The molecule has 0 bridgehead atoms. The predicted molar refractivity (Wildman–Crippen MR) is 60.0 cm³/mol. The van der Waals surface area contributed by atoms with Gasteiger partial charge in [-0.15, -0.1) is 0 Å². The Balaban J connectivity index is 1.91. The number of nitrogens with one attached hydrogen (secondary N) is 1. The molecule has 1 aromatic rings. The maximum absolute atomic E-state index is 4.46. The third-order valence-electron chi connectivity index (χ3n) is 3.94. The summed E-state index contributed by atoms with van der Waals surface area (Å²) in [7, 11) is 0. The normalized spacial score (nSPS) is 30.5. The molecule has 3 heterocycles. The van der Waals surface area contributed by atoms with Crippen LogP contribution in [-0.2, 0) is 6.42 Å². The van der Waals surface area contributed by atoms with Crippen molar-refractivity contribution >= 4 is 0 Å². The monoisotopic (exact) mass is 205 g/mol. The molecular formula is C12H19N3. The average Bonchev–Trinajstić information content (AvgIpc) is 2.88. The van der Waals surface area contributed by atoms with Crippen molar-refractivity contribution in [3.8, 4) is 0 Å². The molecule has 2 atom stereocenters. The zero-order chi connectivity index (χ0) is 10.3. The van der Waals surface area contributed by atoms with Gasteiger partial charge in [0, 0.05) is 11.7 Å². The summed E-state index contributed by atoms with van der Waals surface area (Å²) in [5.74, 6) is 0. The number of rotatable bonds is 1. The molecule has 1 saturated heterocycles. The van der Waals surface area contributed by atoms with E-state index < -0.39 is 0 Å². The Hall–Kier alpha value is -0.830. The van der Waals surface area contributed by atoms with Crippen LogP contribution in [0, 0.1) is 6.92 Å². The highest BCUT2D eigenvalue weighted by Crippen LogP contribution is 2.31. The summed E-state index contributed by atoms with van der Waals surface area (Å²) < 4.78 is 2.43. The van der Waals surface area contributed by atoms with Gasteiger partial charge in [0.25, 0.3) is 0 Å². The summed E-state index contributed by atoms with van der Waals surface area (Å²) in [5, 5.41) is 3.63. The Kier molecular flexibility index (Phi) is 2.28. The summed E-state index contributed by atoms with van der Waals surface area (Å²) in [6.07, 6.45) is 8.59. The molecule has 0 aromatic carbocycles. The van der Waals surface area contributed by atoms with E-state index >= 15 is 0 Å². The van der Waals surface area contributed by atoms with Crippen molar-refractivity contribution in [3.05, 3.63) is 17.7 Å². The topological polar surface area (TPSA) is 29.9 Å². The van der Waals surface area contributed by atoms with Crippen molar-refractivity contribution in [1.29, 1.82) is 0 Å². The van der Waals surface area contributed by atoms with Crippen LogP contribution in [0.25, 0.3) is 0 Å². The molecule has 1 fully saturated rings. The minimum Gasteiger partial charge on any atom is -0.330 e. The van der Waals surface area contributed by atoms with Crippen LogP contribution >= 0.6 is 0 Å². The van der Waals surface area contributed by atoms with Crippen LogP contribution in [0.15, 0.2) is 6.33 Å². The smallest absolute Gasteiger partial charge is 0.0954 e. The molecule has 2 aliphatic heterocycles. The van der Waals surface area contributed by atoms with Gasteiger partial charge in [-0.05, 0) is 45.6 Å². The van der Waals surface area contributed by atoms with Gasteiger partial charge in [0.1, 0.15) is 0 Å². The zero-order valence-electron chi connectivity index (χ0n) is 9.37. The molecule has 3 rings (SSSR count). The fraction of sp³-hybridized carbons (Fsp3) is 0.750. The van der Waals surface area contributed by atoms with Crippen molar-refractivity contribution in [2.24, 2.45) is 0 Å². The summed E-state index contributed by atoms with van der Waals surface area (Å²) in [6.45, 7) is 3.33. The molecule has 3 heteroatoms. The molecule has 0 saturated carbocycles. The highest BCUT2D eigenvalue weighted by atomic mass is 15.1. The lowest BCUT2D eigenvalue weighted by Crippen LogP contribution is -2.35. The second-order valence-electron chi connectivity index (χ2n) is 4.85. The highest BCUT2D eigenvalue weighted by molar-refractivity contribution is 5.15. The van der Waals surface area contributed by atoms with Gasteiger partial charge in [0.2, 0.25) is 0 Å². The minimum atomic E-state index is 0.664. The highest BCUT2D eigenvalue weighted by Gasteiger charge is 2.29. The van der Waals surface area contributed by atoms with Crippen molar-refractivity contribution in [1.82, 2.24) is 14.9 Å². The average molecular weight is 205 g/mol. The van der Waals surface area contributed by atoms with Gasteiger partial charge in [-0.3, -0.25) is 0 Å². The van der Waals surface area contributed by atoms with Crippen LogP contribution in [0.4, 0.5) is 0 Å². The van der Waals surface area contributed by atoms with E-state index in [1.165, 1.54) is 50.0 Å². The Bertz CT molecular complexity index is 350. The molecular weight excluding hydrogens is 186 g/mol. The van der Waals surface area contributed by atoms with Crippen LogP contribution in [0.3, 0.4) is 0 Å². The van der Waals surface area contributed by atoms with E-state index in [1.54, 1.807) is 0 Å². The Labute approximate surface area is 90.9 Å². The quantitative estimate of drug-likeness (QED) is 0.758. The SMILES string of the molecule is Cc1ncn2c1CCCC2C1CCCN1. The number of imidazole rings is 1. The lowest BCUT2D eigenvalue weighted by atomic mass is 9.95. The maximum atomic E-state index is 4.46. The van der Waals surface area contributed by atoms with Gasteiger partial charge in [-0.1, -0.05) is 0 Å². The van der Waals surface area contributed by atoms with Crippen molar-refractivity contribution in [2.45, 2.75) is 51.1 Å². The molecule has 1 aromatic heterocycles. The van der Waals surface area contributed by atoms with E-state index in [4.69, 9.17) is 0 Å². The summed E-state index contributed by atoms with van der Waals surface area (Å²) in [6, 6.07) is 1.36. The molecule has 0 amide bonds. The van der Waals surface area contributed by atoms with Crippen LogP contribution in [0.2, 0.25) is 0 Å². The van der Waals surface area contributed by atoms with Crippen LogP contribution in [0.1, 0.15) is 43.1 Å². The summed E-state index contributed by atoms with van der Waals surface area (Å²) in [4.78, 5) is 4.46. The molecule has 1 N–H and O–H groups in total. The fourth-order valence-electron chi connectivity index (χ4n) is 3.13. The third-order valence-corrected chi connectivity index (χ3v) is 3.94. The van der Waals surface area contributed by atoms with Crippen LogP contribution in [0.5, 0.6) is 0 Å². The van der Waals surface area contributed by atoms with Crippen molar-refractivity contribution < 1.29 is 0 Å². The van der Waals surface area contributed by atoms with Crippen molar-refractivity contribution in [3.63, 3.8) is 0 Å². The number of hydrogen-bond acceptors (Lipinski definition) is 2. The number of aromatic nitrogens is 2. The molecule has 2 unspecified atom stereocenters. The molecule has 0 spiro atoms. The van der Waals surface area contributed by atoms with Gasteiger partial charge < -0.3 is 9.88 Å². The number of hydrogen-bond donors (Lipinski definition) is 1. The van der Waals surface area contributed by atoms with E-state index in [0.717, 1.165) is 0 Å². The fourth-order valence-corrected chi connectivity index (χ4v) is 3.13. The molecule has 3 nitrogen and oxygen atoms in total. The first-order chi connectivity index (χ1) is 7.36. The first-order valence-corrected chi connectivity index (χ1v) is 6.12. The lowest BCUT2D eigenvalue weighted by Gasteiger charge is -2.30. The van der Waals surface area contributed by atoms with E-state index in [1.807, 2.05) is 0 Å². The van der Waals surface area contributed by atoms with Gasteiger partial charge in [-0.2, -0.15) is 0 Å². The van der Waals surface area contributed by atoms with Crippen LogP contribution < -0.4 is 5.32 Å². The predicted octanol–water partition coefficient (Wildman–Crippen LogP) is 1.82. The number of nitrogens with zero attached hydrogens (tertiary/aromatic N) is 2. The molecule has 82 valence electrons. The molecule has 0 radical (unpaired) electrons. The van der Waals surface area contributed by atoms with Gasteiger partial charge >= 0.3 is 0 Å². The van der Waals surface area contributed by atoms with E-state index in [2.05, 4.69) is 28.1 Å². The zero-order valence-corrected chi connectivity index (χ0v) is 9.37. The second kappa shape index (κ2) is 3.63. The van der Waals surface area contributed by atoms with Gasteiger partial charge in [0.15, 0.2) is 0 Å². The maximum Gasteiger partial charge on any atom is 0.0954 e. The number of fused-ring (bicyclic) bond motifs is 1. The van der Waals surface area contributed by atoms with Crippen molar-refractivity contribution in [2.75, 3.05) is 6.54 Å². The summed E-state index contributed by atoms with van der Waals surface area (Å²) in [5.41, 5.74) is 2.71. The standard InChI is InChI=1S/C12H19N3/c1-9-11-5-2-6-12(15(11)8-14-9)10-4-3-7-13-10/h8,10,12-13H,2-7H2,1H3. The summed E-state index contributed by atoms with van der Waals surface area (Å²) >= 11 is 0. The Morgan fingerprint density at radius 1 is 1.40 bits per heavy atom. The van der Waals surface area contributed by atoms with E-state index in [9.17, 15) is 0 Å². The number of aryl methyl sites for hydroxylation is 1.